The fourth-order valence-corrected chi connectivity index (χ4v) is 5.47. The van der Waals surface area contributed by atoms with Crippen molar-refractivity contribution < 1.29 is 36.9 Å². The molecule has 1 heterocycles. The van der Waals surface area contributed by atoms with E-state index in [9.17, 15) is 14.2 Å². The SMILES string of the molecule is CCCOP(OC[C@@H](OCP(=O)(OC)OC)O[C@H](COC)n1ccc(=O)[nH]c1=O)N(C(C)C)C(C)C. The first kappa shape index (κ1) is 33.0. The van der Waals surface area contributed by atoms with Gasteiger partial charge in [-0.25, -0.2) is 9.46 Å². The Morgan fingerprint density at radius 2 is 1.69 bits per heavy atom. The third-order valence-corrected chi connectivity index (χ3v) is 8.38. The van der Waals surface area contributed by atoms with Crippen LogP contribution in [0.4, 0.5) is 0 Å². The number of nitrogens with one attached hydrogen (secondary N) is 1. The third-order valence-electron chi connectivity index (χ3n) is 4.73. The maximum atomic E-state index is 12.6. The van der Waals surface area contributed by atoms with Crippen LogP contribution in [-0.2, 0) is 36.9 Å². The first-order valence-electron chi connectivity index (χ1n) is 11.6. The number of aromatic amines is 1. The van der Waals surface area contributed by atoms with E-state index in [4.69, 9.17) is 32.3 Å². The molecule has 0 aliphatic heterocycles. The second-order valence-corrected chi connectivity index (χ2v) is 11.9. The number of methoxy groups -OCH3 is 1. The van der Waals surface area contributed by atoms with Gasteiger partial charge >= 0.3 is 13.3 Å². The number of rotatable bonds is 19. The van der Waals surface area contributed by atoms with Crippen molar-refractivity contribution in [1.82, 2.24) is 14.2 Å². The van der Waals surface area contributed by atoms with E-state index in [2.05, 4.69) is 9.65 Å². The van der Waals surface area contributed by atoms with Crippen LogP contribution in [0.1, 0.15) is 47.3 Å². The summed E-state index contributed by atoms with van der Waals surface area (Å²) in [5, 5.41) is 0. The van der Waals surface area contributed by atoms with Gasteiger partial charge in [-0.2, -0.15) is 0 Å². The lowest BCUT2D eigenvalue weighted by Crippen LogP contribution is -2.38. The molecule has 1 N–H and O–H groups in total. The minimum Gasteiger partial charge on any atom is -0.380 e. The standard InChI is InChI=1S/C21H41N3O10P2/c1-9-12-32-35(24(16(2)3)17(4)5)33-14-20(31-15-36(27,29-7)30-8)34-19(13-28-6)23-11-10-18(25)22-21(23)26/h10-11,16-17,19-20H,9,12-15H2,1-8H3,(H,22,25,26)/t19-,20+,35?/m1/s1. The summed E-state index contributed by atoms with van der Waals surface area (Å²) < 4.78 is 54.9. The molecule has 1 rings (SSSR count). The molecule has 3 atom stereocenters. The molecule has 13 nitrogen and oxygen atoms in total. The number of H-pyrrole nitrogens is 1. The van der Waals surface area contributed by atoms with Crippen LogP contribution in [0.5, 0.6) is 0 Å². The summed E-state index contributed by atoms with van der Waals surface area (Å²) in [6, 6.07) is 1.46. The van der Waals surface area contributed by atoms with Gasteiger partial charge in [0, 0.05) is 45.7 Å². The van der Waals surface area contributed by atoms with Crippen molar-refractivity contribution >= 4 is 16.1 Å². The molecule has 0 fully saturated rings. The predicted molar refractivity (Wildman–Crippen MR) is 136 cm³/mol. The first-order chi connectivity index (χ1) is 17.0. The van der Waals surface area contributed by atoms with Crippen LogP contribution >= 0.6 is 16.1 Å². The van der Waals surface area contributed by atoms with E-state index in [-0.39, 0.29) is 25.3 Å². The highest BCUT2D eigenvalue weighted by Crippen LogP contribution is 2.48. The Bertz CT molecular complexity index is 894. The number of hydrogen-bond acceptors (Lipinski definition) is 11. The van der Waals surface area contributed by atoms with Crippen LogP contribution in [0.3, 0.4) is 0 Å². The van der Waals surface area contributed by atoms with Crippen molar-refractivity contribution in [2.24, 2.45) is 0 Å². The van der Waals surface area contributed by atoms with E-state index >= 15 is 0 Å². The summed E-state index contributed by atoms with van der Waals surface area (Å²) in [6.07, 6.45) is -0.460. The molecule has 0 radical (unpaired) electrons. The summed E-state index contributed by atoms with van der Waals surface area (Å²) >= 11 is 0. The van der Waals surface area contributed by atoms with Gasteiger partial charge < -0.3 is 32.3 Å². The minimum atomic E-state index is -3.54. The Labute approximate surface area is 213 Å². The normalized spacial score (nSPS) is 15.1. The molecule has 0 aromatic carbocycles. The van der Waals surface area contributed by atoms with Crippen LogP contribution in [0.2, 0.25) is 0 Å². The molecule has 15 heteroatoms. The highest BCUT2D eigenvalue weighted by Gasteiger charge is 2.31. The number of nitrogens with zero attached hydrogens (tertiary/aromatic N) is 2. The molecule has 1 unspecified atom stereocenters. The minimum absolute atomic E-state index is 0.0523. The van der Waals surface area contributed by atoms with E-state index in [0.29, 0.717) is 6.61 Å². The zero-order valence-electron chi connectivity index (χ0n) is 22.4. The fourth-order valence-electron chi connectivity index (χ4n) is 3.08. The molecule has 1 aromatic heterocycles. The van der Waals surface area contributed by atoms with Crippen molar-refractivity contribution in [2.45, 2.75) is 65.6 Å². The Hall–Kier alpha value is -0.980. The van der Waals surface area contributed by atoms with Gasteiger partial charge in [-0.05, 0) is 34.1 Å². The monoisotopic (exact) mass is 557 g/mol. The molecular weight excluding hydrogens is 516 g/mol. The molecule has 1 aromatic rings. The Balaban J connectivity index is 3.21. The molecule has 210 valence electrons. The van der Waals surface area contributed by atoms with Crippen LogP contribution in [0.15, 0.2) is 21.9 Å². The highest BCUT2D eigenvalue weighted by atomic mass is 31.2. The first-order valence-corrected chi connectivity index (χ1v) is 14.5. The van der Waals surface area contributed by atoms with Crippen molar-refractivity contribution in [1.29, 1.82) is 0 Å². The Morgan fingerprint density at radius 3 is 2.19 bits per heavy atom. The fraction of sp³-hybridized carbons (Fsp3) is 0.810. The molecule has 0 saturated carbocycles. The van der Waals surface area contributed by atoms with Crippen molar-refractivity contribution in [3.8, 4) is 0 Å². The van der Waals surface area contributed by atoms with Gasteiger partial charge in [0.25, 0.3) is 14.1 Å². The smallest absolute Gasteiger partial charge is 0.355 e. The maximum Gasteiger partial charge on any atom is 0.355 e. The lowest BCUT2D eigenvalue weighted by atomic mass is 10.3. The number of ether oxygens (including phenoxy) is 3. The molecule has 0 saturated heterocycles. The molecule has 36 heavy (non-hydrogen) atoms. The van der Waals surface area contributed by atoms with Crippen LogP contribution < -0.4 is 11.2 Å². The summed E-state index contributed by atoms with van der Waals surface area (Å²) in [7, 11) is -1.10. The second-order valence-electron chi connectivity index (χ2n) is 8.20. The summed E-state index contributed by atoms with van der Waals surface area (Å²) in [5.74, 6) is 0. The van der Waals surface area contributed by atoms with E-state index in [1.54, 1.807) is 0 Å². The van der Waals surface area contributed by atoms with E-state index in [1.807, 2.05) is 34.6 Å². The average Bonchev–Trinajstić information content (AvgIpc) is 2.82. The predicted octanol–water partition coefficient (Wildman–Crippen LogP) is 3.27. The van der Waals surface area contributed by atoms with E-state index < -0.39 is 46.2 Å². The zero-order chi connectivity index (χ0) is 27.3. The van der Waals surface area contributed by atoms with Crippen LogP contribution in [0.25, 0.3) is 0 Å². The summed E-state index contributed by atoms with van der Waals surface area (Å²) in [6.45, 7) is 10.5. The van der Waals surface area contributed by atoms with Gasteiger partial charge in [-0.1, -0.05) is 6.92 Å². The van der Waals surface area contributed by atoms with E-state index in [0.717, 1.165) is 11.0 Å². The van der Waals surface area contributed by atoms with Crippen molar-refractivity contribution in [3.05, 3.63) is 33.1 Å². The topological polar surface area (TPSA) is 140 Å². The zero-order valence-corrected chi connectivity index (χ0v) is 24.2. The molecule has 0 spiro atoms. The third kappa shape index (κ3) is 10.8. The summed E-state index contributed by atoms with van der Waals surface area (Å²) in [4.78, 5) is 26.0. The molecule has 0 aliphatic carbocycles. The second kappa shape index (κ2) is 16.8. The van der Waals surface area contributed by atoms with Gasteiger partial charge in [0.1, 0.15) is 6.61 Å². The summed E-state index contributed by atoms with van der Waals surface area (Å²) in [5.41, 5.74) is -1.24. The quantitative estimate of drug-likeness (QED) is 0.198. The van der Waals surface area contributed by atoms with Crippen molar-refractivity contribution in [3.63, 3.8) is 0 Å². The van der Waals surface area contributed by atoms with Gasteiger partial charge in [0.2, 0.25) is 0 Å². The molecule has 0 aliphatic rings. The Kier molecular flexibility index (Phi) is 15.4. The van der Waals surface area contributed by atoms with Crippen molar-refractivity contribution in [2.75, 3.05) is 47.5 Å². The van der Waals surface area contributed by atoms with E-state index in [1.165, 1.54) is 33.6 Å². The van der Waals surface area contributed by atoms with Crippen LogP contribution in [-0.4, -0.2) is 80.1 Å². The van der Waals surface area contributed by atoms with Crippen LogP contribution in [0, 0.1) is 0 Å². The number of hydrogen-bond donors (Lipinski definition) is 1. The van der Waals surface area contributed by atoms with Gasteiger partial charge in [-0.3, -0.25) is 18.9 Å². The van der Waals surface area contributed by atoms with Gasteiger partial charge in [0.15, 0.2) is 18.9 Å². The maximum absolute atomic E-state index is 12.6. The Morgan fingerprint density at radius 1 is 1.06 bits per heavy atom. The number of aromatic nitrogens is 2. The molecule has 0 amide bonds. The van der Waals surface area contributed by atoms with Gasteiger partial charge in [-0.15, -0.1) is 0 Å². The lowest BCUT2D eigenvalue weighted by molar-refractivity contribution is -0.208. The molecular formula is C21H41N3O10P2. The molecule has 0 bridgehead atoms. The lowest BCUT2D eigenvalue weighted by Gasteiger charge is -2.36. The largest absolute Gasteiger partial charge is 0.380 e. The average molecular weight is 558 g/mol. The highest BCUT2D eigenvalue weighted by molar-refractivity contribution is 7.53. The van der Waals surface area contributed by atoms with Gasteiger partial charge in [0.05, 0.1) is 13.2 Å².